The summed E-state index contributed by atoms with van der Waals surface area (Å²) in [5, 5.41) is 17.7. The molecule has 3 N–H and O–H groups in total. The van der Waals surface area contributed by atoms with Gasteiger partial charge in [0.05, 0.1) is 50.2 Å². The van der Waals surface area contributed by atoms with Gasteiger partial charge in [0, 0.05) is 28.9 Å². The van der Waals surface area contributed by atoms with Crippen LogP contribution in [-0.2, 0) is 14.4 Å². The van der Waals surface area contributed by atoms with Crippen LogP contribution < -0.4 is 16.2 Å². The number of amides is 3. The number of likely N-dealkylation sites (tertiary alicyclic amines) is 2. The van der Waals surface area contributed by atoms with Gasteiger partial charge in [-0.05, 0) is 173 Å². The molecule has 12 rings (SSSR count). The lowest BCUT2D eigenvalue weighted by molar-refractivity contribution is -0.146. The third-order valence-electron chi connectivity index (χ3n) is 18.3. The molecule has 0 radical (unpaired) electrons. The minimum Gasteiger partial charge on any atom is -0.391 e. The summed E-state index contributed by atoms with van der Waals surface area (Å²) in [4.78, 5) is 70.1. The number of imidazole rings is 1. The van der Waals surface area contributed by atoms with Gasteiger partial charge in [0.1, 0.15) is 17.8 Å². The number of hydrogen-bond acceptors (Lipinski definition) is 9. The number of nitrogens with zero attached hydrogens (tertiary/aromatic N) is 6. The molecule has 13 nitrogen and oxygen atoms in total. The fourth-order valence-corrected chi connectivity index (χ4v) is 15.3. The minimum atomic E-state index is -2.03. The number of benzene rings is 3. The molecule has 1 unspecified atom stereocenters. The fraction of sp³-hybridized carbons (Fsp3) is 0.552. The van der Waals surface area contributed by atoms with Crippen molar-refractivity contribution >= 4 is 72.7 Å². The lowest BCUT2D eigenvalue weighted by atomic mass is 9.76. The molecule has 75 heavy (non-hydrogen) atoms. The fourth-order valence-electron chi connectivity index (χ4n) is 13.9. The summed E-state index contributed by atoms with van der Waals surface area (Å²) < 4.78 is 36.1. The maximum absolute atomic E-state index is 15.7. The van der Waals surface area contributed by atoms with Crippen molar-refractivity contribution < 1.29 is 28.3 Å². The molecule has 2 saturated heterocycles. The number of piperidine rings is 1. The number of carbonyl (C=O) groups excluding carboxylic acids is 3. The Labute approximate surface area is 448 Å². The molecule has 5 heterocycles. The molecule has 3 amide bonds. The smallest absolute Gasteiger partial charge is 0.283 e. The van der Waals surface area contributed by atoms with Crippen LogP contribution >= 0.6 is 27.3 Å². The van der Waals surface area contributed by atoms with E-state index in [0.717, 1.165) is 113 Å². The van der Waals surface area contributed by atoms with E-state index >= 15 is 8.78 Å². The topological polar surface area (TPSA) is 154 Å². The second kappa shape index (κ2) is 20.0. The van der Waals surface area contributed by atoms with Crippen molar-refractivity contribution in [2.24, 2.45) is 5.41 Å². The van der Waals surface area contributed by atoms with E-state index in [4.69, 9.17) is 4.98 Å². The van der Waals surface area contributed by atoms with Crippen molar-refractivity contribution in [1.29, 1.82) is 0 Å². The number of thiazole rings is 1. The number of rotatable bonds is 16. The van der Waals surface area contributed by atoms with Crippen LogP contribution in [0.5, 0.6) is 0 Å². The Bertz CT molecular complexity index is 3220. The van der Waals surface area contributed by atoms with Crippen LogP contribution in [0.15, 0.2) is 75.4 Å². The third kappa shape index (κ3) is 9.53. The maximum atomic E-state index is 15.7. The van der Waals surface area contributed by atoms with Crippen LogP contribution in [0.4, 0.5) is 8.78 Å². The van der Waals surface area contributed by atoms with E-state index in [-0.39, 0.29) is 56.7 Å². The van der Waals surface area contributed by atoms with Gasteiger partial charge in [0.15, 0.2) is 5.67 Å². The van der Waals surface area contributed by atoms with Crippen molar-refractivity contribution in [3.8, 4) is 10.4 Å². The maximum Gasteiger partial charge on any atom is 0.283 e. The van der Waals surface area contributed by atoms with Crippen LogP contribution in [0.25, 0.3) is 38.2 Å². The average molecular weight is 1110 g/mol. The average Bonchev–Trinajstić information content (AvgIpc) is 4.10. The molecule has 0 spiro atoms. The number of fused-ring (bicyclic) bond motifs is 7. The SMILES string of the molecule is Cc1ncsc1-c1ccc([C@H](CCCCCN2CCC(c3ccc4c(c3)n(C3CCCC3)c3nc(=O)c5c(Br)cccc5n43)CC2)NC(=O)[C@@H]2C[C@@H](O)CN2C(=O)C(NC(=O)C2(F)CC2)C23CCC(F)(CC2)C3)cc1. The highest BCUT2D eigenvalue weighted by Gasteiger charge is 2.63. The second-order valence-electron chi connectivity index (χ2n) is 23.1. The first-order valence-corrected chi connectivity index (χ1v) is 29.2. The van der Waals surface area contributed by atoms with Gasteiger partial charge < -0.3 is 30.1 Å². The van der Waals surface area contributed by atoms with E-state index in [1.807, 2.05) is 42.8 Å². The monoisotopic (exact) mass is 1100 g/mol. The first-order valence-electron chi connectivity index (χ1n) is 27.6. The number of aliphatic hydroxyl groups excluding tert-OH is 1. The van der Waals surface area contributed by atoms with E-state index in [1.54, 1.807) is 11.3 Å². The van der Waals surface area contributed by atoms with Crippen LogP contribution in [0.2, 0.25) is 0 Å². The molecular formula is C58H67BrF2N8O5S. The van der Waals surface area contributed by atoms with Gasteiger partial charge in [-0.2, -0.15) is 4.98 Å². The number of alkyl halides is 2. The summed E-state index contributed by atoms with van der Waals surface area (Å²) >= 11 is 5.20. The quantitative estimate of drug-likeness (QED) is 0.0810. The number of aliphatic hydroxyl groups is 1. The van der Waals surface area contributed by atoms with E-state index < -0.39 is 52.7 Å². The standard InChI is InChI=1S/C58H67BrF2N8O5S/c1-35-49(75-34-62-35)38-15-13-37(14-16-38)43(63-51(71)47-31-41(70)32-67(47)53(73)50(64-54(74)58(61)25-26-58)56-21-23-57(60,33-56)24-22-56)11-3-2-6-27-66-28-19-36(20-29-66)39-17-18-44-46(30-39)68(40-8-4-5-9-40)55-65-52(72)48-42(59)10-7-12-45(48)69(44)55/h7,10,12-18,30,34,36,40-41,43,47,50,70H,2-6,8-9,11,19-29,31-33H2,1H3,(H,63,71)(H,64,74)/t41-,43+,47+,50?,56?,57?/m1/s1. The number of aromatic nitrogens is 4. The molecule has 6 aliphatic rings. The molecule has 2 bridgehead atoms. The summed E-state index contributed by atoms with van der Waals surface area (Å²) in [5.41, 5.74) is 4.65. The molecule has 3 aromatic heterocycles. The molecule has 396 valence electrons. The summed E-state index contributed by atoms with van der Waals surface area (Å²) in [7, 11) is 0. The van der Waals surface area contributed by atoms with Gasteiger partial charge in [-0.25, -0.2) is 13.8 Å². The number of aryl methyl sites for hydroxylation is 1. The van der Waals surface area contributed by atoms with E-state index in [1.165, 1.54) is 23.3 Å². The van der Waals surface area contributed by atoms with E-state index in [9.17, 15) is 24.3 Å². The zero-order valence-electron chi connectivity index (χ0n) is 42.7. The van der Waals surface area contributed by atoms with Crippen molar-refractivity contribution in [2.45, 2.75) is 170 Å². The normalized spacial score (nSPS) is 25.7. The van der Waals surface area contributed by atoms with Gasteiger partial charge in [-0.15, -0.1) is 11.3 Å². The van der Waals surface area contributed by atoms with Crippen molar-refractivity contribution in [3.05, 3.63) is 97.8 Å². The van der Waals surface area contributed by atoms with Crippen LogP contribution in [0.3, 0.4) is 0 Å². The minimum absolute atomic E-state index is 0.0214. The van der Waals surface area contributed by atoms with E-state index in [0.29, 0.717) is 36.6 Å². The summed E-state index contributed by atoms with van der Waals surface area (Å²) in [6.45, 7) is 4.87. The van der Waals surface area contributed by atoms with Crippen LogP contribution in [0, 0.1) is 12.3 Å². The highest BCUT2D eigenvalue weighted by Crippen LogP contribution is 2.60. The van der Waals surface area contributed by atoms with Crippen molar-refractivity contribution in [1.82, 2.24) is 39.4 Å². The van der Waals surface area contributed by atoms with Crippen molar-refractivity contribution in [2.75, 3.05) is 26.2 Å². The summed E-state index contributed by atoms with van der Waals surface area (Å²) in [5.74, 6) is -0.646. The van der Waals surface area contributed by atoms with Gasteiger partial charge >= 0.3 is 0 Å². The first-order chi connectivity index (χ1) is 36.2. The molecule has 2 aliphatic heterocycles. The number of carbonyl (C=O) groups is 3. The highest BCUT2D eigenvalue weighted by atomic mass is 79.9. The zero-order chi connectivity index (χ0) is 51.8. The molecule has 6 fully saturated rings. The molecule has 6 aromatic rings. The predicted octanol–water partition coefficient (Wildman–Crippen LogP) is 10.3. The van der Waals surface area contributed by atoms with Crippen LogP contribution in [0.1, 0.15) is 150 Å². The molecule has 4 saturated carbocycles. The number of halogens is 3. The lowest BCUT2D eigenvalue weighted by Crippen LogP contribution is -2.60. The Morgan fingerprint density at radius 1 is 0.893 bits per heavy atom. The molecular weight excluding hydrogens is 1040 g/mol. The Balaban J connectivity index is 0.707. The van der Waals surface area contributed by atoms with Crippen molar-refractivity contribution in [3.63, 3.8) is 0 Å². The largest absolute Gasteiger partial charge is 0.391 e. The third-order valence-corrected chi connectivity index (χ3v) is 20.0. The predicted molar refractivity (Wildman–Crippen MR) is 290 cm³/mol. The Morgan fingerprint density at radius 2 is 1.65 bits per heavy atom. The second-order valence-corrected chi connectivity index (χ2v) is 24.8. The Kier molecular flexibility index (Phi) is 13.5. The molecule has 4 aliphatic carbocycles. The van der Waals surface area contributed by atoms with E-state index in [2.05, 4.69) is 75.7 Å². The van der Waals surface area contributed by atoms with Gasteiger partial charge in [-0.3, -0.25) is 23.6 Å². The highest BCUT2D eigenvalue weighted by molar-refractivity contribution is 9.10. The number of unbranched alkanes of at least 4 members (excludes halogenated alkanes) is 2. The molecule has 3 aromatic carbocycles. The number of hydrogen-bond donors (Lipinski definition) is 3. The van der Waals surface area contributed by atoms with Gasteiger partial charge in [0.2, 0.25) is 17.6 Å². The van der Waals surface area contributed by atoms with Gasteiger partial charge in [-0.1, -0.05) is 62.1 Å². The first kappa shape index (κ1) is 50.7. The molecule has 17 heteroatoms. The number of nitrogens with one attached hydrogen (secondary N) is 2. The lowest BCUT2D eigenvalue weighted by Gasteiger charge is -2.39. The number of β-amino-alcohol motifs (C(OH)–C–C–N with tert-alkyl or cyclic N) is 1. The molecule has 4 atom stereocenters. The van der Waals surface area contributed by atoms with Crippen LogP contribution in [-0.4, -0.2) is 107 Å². The van der Waals surface area contributed by atoms with Gasteiger partial charge in [0.25, 0.3) is 11.5 Å². The summed E-state index contributed by atoms with van der Waals surface area (Å²) in [6, 6.07) is 18.7. The Morgan fingerprint density at radius 3 is 2.35 bits per heavy atom. The zero-order valence-corrected chi connectivity index (χ0v) is 45.1. The summed E-state index contributed by atoms with van der Waals surface area (Å²) in [6.07, 6.45) is 10.7. The Hall–Kier alpha value is -5.10.